The predicted octanol–water partition coefficient (Wildman–Crippen LogP) is 2.60. The molecule has 1 fully saturated rings. The van der Waals surface area contributed by atoms with Crippen LogP contribution in [0.4, 0.5) is 5.13 Å². The van der Waals surface area contributed by atoms with E-state index in [0.717, 1.165) is 29.6 Å². The van der Waals surface area contributed by atoms with Crippen LogP contribution in [0.25, 0.3) is 10.2 Å². The lowest BCUT2D eigenvalue weighted by atomic mass is 10.1. The molecule has 6 nitrogen and oxygen atoms in total. The van der Waals surface area contributed by atoms with Crippen molar-refractivity contribution in [3.63, 3.8) is 0 Å². The van der Waals surface area contributed by atoms with Gasteiger partial charge in [0.25, 0.3) is 0 Å². The fourth-order valence-corrected chi connectivity index (χ4v) is 4.12. The number of thiazole rings is 1. The van der Waals surface area contributed by atoms with Crippen LogP contribution in [0, 0.1) is 5.92 Å². The number of hydrogen-bond donors (Lipinski definition) is 1. The molecule has 7 heteroatoms. The number of benzene rings is 1. The van der Waals surface area contributed by atoms with E-state index in [9.17, 15) is 9.59 Å². The lowest BCUT2D eigenvalue weighted by molar-refractivity contribution is -0.128. The Morgan fingerprint density at radius 1 is 1.42 bits per heavy atom. The number of nitrogens with one attached hydrogen (secondary N) is 1. The van der Waals surface area contributed by atoms with Crippen molar-refractivity contribution in [1.82, 2.24) is 14.8 Å². The second-order valence-electron chi connectivity index (χ2n) is 7.06. The molecule has 140 valence electrons. The third kappa shape index (κ3) is 4.40. The number of aryl methyl sites for hydroxylation is 1. The van der Waals surface area contributed by atoms with Gasteiger partial charge in [0.2, 0.25) is 11.8 Å². The third-order valence-electron chi connectivity index (χ3n) is 4.71. The zero-order valence-electron chi connectivity index (χ0n) is 15.6. The Hall–Kier alpha value is -1.99. The standard InChI is InChI=1S/C19H26N4O2S/c1-4-13-6-7-15-16(10-13)26-19(20-15)21-18(25)14-11-17(24)23(12-14)9-5-8-22(2)3/h6-7,10,14H,4-5,8-9,11-12H2,1-3H3,(H,20,21,25). The quantitative estimate of drug-likeness (QED) is 0.809. The van der Waals surface area contributed by atoms with E-state index >= 15 is 0 Å². The lowest BCUT2D eigenvalue weighted by Gasteiger charge is -2.17. The summed E-state index contributed by atoms with van der Waals surface area (Å²) in [7, 11) is 4.03. The van der Waals surface area contributed by atoms with Crippen molar-refractivity contribution in [2.24, 2.45) is 5.92 Å². The van der Waals surface area contributed by atoms with Gasteiger partial charge in [0, 0.05) is 19.5 Å². The van der Waals surface area contributed by atoms with Crippen LogP contribution in [-0.4, -0.2) is 60.3 Å². The van der Waals surface area contributed by atoms with E-state index in [2.05, 4.69) is 34.3 Å². The third-order valence-corrected chi connectivity index (χ3v) is 5.64. The number of likely N-dealkylation sites (tertiary alicyclic amines) is 1. The fourth-order valence-electron chi connectivity index (χ4n) is 3.19. The summed E-state index contributed by atoms with van der Waals surface area (Å²) in [6, 6.07) is 6.18. The number of nitrogens with zero attached hydrogens (tertiary/aromatic N) is 3. The van der Waals surface area contributed by atoms with Gasteiger partial charge in [-0.15, -0.1) is 0 Å². The molecule has 0 spiro atoms. The molecule has 1 saturated heterocycles. The summed E-state index contributed by atoms with van der Waals surface area (Å²) in [5, 5.41) is 3.52. The van der Waals surface area contributed by atoms with Crippen molar-refractivity contribution >= 4 is 38.5 Å². The van der Waals surface area contributed by atoms with Crippen LogP contribution in [0.5, 0.6) is 0 Å². The molecule has 1 aromatic carbocycles. The van der Waals surface area contributed by atoms with Gasteiger partial charge in [0.05, 0.1) is 16.1 Å². The molecule has 1 aliphatic heterocycles. The molecule has 1 N–H and O–H groups in total. The first-order valence-corrected chi connectivity index (χ1v) is 9.90. The number of amides is 2. The Labute approximate surface area is 158 Å². The molecule has 0 radical (unpaired) electrons. The number of anilines is 1. The molecule has 2 amide bonds. The van der Waals surface area contributed by atoms with Crippen molar-refractivity contribution in [2.45, 2.75) is 26.2 Å². The van der Waals surface area contributed by atoms with E-state index in [1.165, 1.54) is 16.9 Å². The van der Waals surface area contributed by atoms with Crippen LogP contribution >= 0.6 is 11.3 Å². The number of carbonyl (C=O) groups excluding carboxylic acids is 2. The maximum Gasteiger partial charge on any atom is 0.231 e. The SMILES string of the molecule is CCc1ccc2nc(NC(=O)C3CC(=O)N(CCCN(C)C)C3)sc2c1. The molecule has 1 aliphatic rings. The molecule has 2 aromatic rings. The van der Waals surface area contributed by atoms with Crippen LogP contribution in [0.1, 0.15) is 25.3 Å². The van der Waals surface area contributed by atoms with E-state index in [1.54, 1.807) is 4.90 Å². The largest absolute Gasteiger partial charge is 0.342 e. The molecule has 2 heterocycles. The fraction of sp³-hybridized carbons (Fsp3) is 0.526. The number of rotatable bonds is 7. The summed E-state index contributed by atoms with van der Waals surface area (Å²) >= 11 is 1.49. The van der Waals surface area contributed by atoms with Crippen LogP contribution in [-0.2, 0) is 16.0 Å². The van der Waals surface area contributed by atoms with E-state index in [1.807, 2.05) is 20.2 Å². The highest BCUT2D eigenvalue weighted by Gasteiger charge is 2.34. The molecule has 1 atom stereocenters. The monoisotopic (exact) mass is 374 g/mol. The first-order valence-electron chi connectivity index (χ1n) is 9.09. The molecule has 1 aromatic heterocycles. The second-order valence-corrected chi connectivity index (χ2v) is 8.09. The van der Waals surface area contributed by atoms with Crippen molar-refractivity contribution < 1.29 is 9.59 Å². The maximum absolute atomic E-state index is 12.6. The highest BCUT2D eigenvalue weighted by atomic mass is 32.1. The van der Waals surface area contributed by atoms with Crippen LogP contribution in [0.2, 0.25) is 0 Å². The number of aromatic nitrogens is 1. The topological polar surface area (TPSA) is 65.5 Å². The summed E-state index contributed by atoms with van der Waals surface area (Å²) in [6.07, 6.45) is 2.19. The minimum atomic E-state index is -0.292. The molecular weight excluding hydrogens is 348 g/mol. The van der Waals surface area contributed by atoms with Gasteiger partial charge < -0.3 is 15.1 Å². The maximum atomic E-state index is 12.6. The molecular formula is C19H26N4O2S. The van der Waals surface area contributed by atoms with Gasteiger partial charge >= 0.3 is 0 Å². The lowest BCUT2D eigenvalue weighted by Crippen LogP contribution is -2.30. The van der Waals surface area contributed by atoms with Gasteiger partial charge in [-0.2, -0.15) is 0 Å². The number of hydrogen-bond acceptors (Lipinski definition) is 5. The van der Waals surface area contributed by atoms with Gasteiger partial charge in [-0.25, -0.2) is 4.98 Å². The average molecular weight is 375 g/mol. The minimum Gasteiger partial charge on any atom is -0.342 e. The summed E-state index contributed by atoms with van der Waals surface area (Å²) in [4.78, 5) is 33.1. The molecule has 26 heavy (non-hydrogen) atoms. The summed E-state index contributed by atoms with van der Waals surface area (Å²) in [6.45, 7) is 4.27. The van der Waals surface area contributed by atoms with E-state index in [-0.39, 0.29) is 17.7 Å². The highest BCUT2D eigenvalue weighted by molar-refractivity contribution is 7.22. The van der Waals surface area contributed by atoms with Crippen molar-refractivity contribution in [2.75, 3.05) is 39.0 Å². The van der Waals surface area contributed by atoms with Crippen LogP contribution in [0.15, 0.2) is 18.2 Å². The first kappa shape index (κ1) is 18.8. The zero-order chi connectivity index (χ0) is 18.7. The van der Waals surface area contributed by atoms with Gasteiger partial charge in [-0.3, -0.25) is 9.59 Å². The Morgan fingerprint density at radius 2 is 2.23 bits per heavy atom. The van der Waals surface area contributed by atoms with E-state index in [4.69, 9.17) is 0 Å². The summed E-state index contributed by atoms with van der Waals surface area (Å²) in [5.41, 5.74) is 2.16. The van der Waals surface area contributed by atoms with Gasteiger partial charge in [-0.05, 0) is 51.2 Å². The van der Waals surface area contributed by atoms with E-state index < -0.39 is 0 Å². The minimum absolute atomic E-state index is 0.0702. The Balaban J connectivity index is 1.59. The van der Waals surface area contributed by atoms with Crippen LogP contribution in [0.3, 0.4) is 0 Å². The summed E-state index contributed by atoms with van der Waals surface area (Å²) in [5.74, 6) is -0.330. The first-order chi connectivity index (χ1) is 12.5. The second kappa shape index (κ2) is 8.14. The zero-order valence-corrected chi connectivity index (χ0v) is 16.4. The molecule has 0 saturated carbocycles. The Kier molecular flexibility index (Phi) is 5.88. The van der Waals surface area contributed by atoms with E-state index in [0.29, 0.717) is 24.6 Å². The van der Waals surface area contributed by atoms with Gasteiger partial charge in [0.1, 0.15) is 0 Å². The van der Waals surface area contributed by atoms with Crippen molar-refractivity contribution in [1.29, 1.82) is 0 Å². The molecule has 1 unspecified atom stereocenters. The highest BCUT2D eigenvalue weighted by Crippen LogP contribution is 2.28. The molecule has 0 aliphatic carbocycles. The molecule has 3 rings (SSSR count). The Bertz CT molecular complexity index is 802. The van der Waals surface area contributed by atoms with Crippen LogP contribution < -0.4 is 5.32 Å². The van der Waals surface area contributed by atoms with Gasteiger partial charge in [0.15, 0.2) is 5.13 Å². The molecule has 0 bridgehead atoms. The average Bonchev–Trinajstić information content (AvgIpc) is 3.16. The normalized spacial score (nSPS) is 17.5. The Morgan fingerprint density at radius 3 is 2.96 bits per heavy atom. The van der Waals surface area contributed by atoms with Gasteiger partial charge in [-0.1, -0.05) is 24.3 Å². The summed E-state index contributed by atoms with van der Waals surface area (Å²) < 4.78 is 1.08. The van der Waals surface area contributed by atoms with Crippen molar-refractivity contribution in [3.05, 3.63) is 23.8 Å². The number of carbonyl (C=O) groups is 2. The van der Waals surface area contributed by atoms with Crippen molar-refractivity contribution in [3.8, 4) is 0 Å². The predicted molar refractivity (Wildman–Crippen MR) is 105 cm³/mol. The smallest absolute Gasteiger partial charge is 0.231 e. The number of fused-ring (bicyclic) bond motifs is 1.